The van der Waals surface area contributed by atoms with E-state index in [2.05, 4.69) is 13.8 Å². The minimum absolute atomic E-state index is 0.0615. The number of amides is 1. The molecular weight excluding hydrogens is 244 g/mol. The van der Waals surface area contributed by atoms with Gasteiger partial charge in [0.2, 0.25) is 0 Å². The second-order valence-corrected chi connectivity index (χ2v) is 7.04. The van der Waals surface area contributed by atoms with E-state index in [0.29, 0.717) is 11.3 Å². The van der Waals surface area contributed by atoms with Crippen molar-refractivity contribution >= 4 is 23.4 Å². The summed E-state index contributed by atoms with van der Waals surface area (Å²) < 4.78 is 0.261. The van der Waals surface area contributed by atoms with Gasteiger partial charge in [-0.25, -0.2) is 0 Å². The Morgan fingerprint density at radius 3 is 2.78 bits per heavy atom. The van der Waals surface area contributed by atoms with Gasteiger partial charge in [0.25, 0.3) is 5.91 Å². The predicted molar refractivity (Wildman–Crippen MR) is 77.9 cm³/mol. The average molecular weight is 264 g/mol. The lowest BCUT2D eigenvalue weighted by Gasteiger charge is -2.23. The maximum Gasteiger partial charge on any atom is 0.255 e. The van der Waals surface area contributed by atoms with Gasteiger partial charge in [-0.15, -0.1) is 0 Å². The number of nitrogens with two attached hydrogens (primary N) is 1. The Morgan fingerprint density at radius 2 is 2.06 bits per heavy atom. The molecule has 1 aliphatic heterocycles. The van der Waals surface area contributed by atoms with E-state index in [4.69, 9.17) is 5.73 Å². The quantitative estimate of drug-likeness (QED) is 0.793. The molecule has 1 amide bonds. The summed E-state index contributed by atoms with van der Waals surface area (Å²) in [5.41, 5.74) is 7.06. The van der Waals surface area contributed by atoms with Crippen LogP contribution in [0.3, 0.4) is 0 Å². The Morgan fingerprint density at radius 1 is 1.33 bits per heavy atom. The number of rotatable bonds is 1. The lowest BCUT2D eigenvalue weighted by atomic mass is 10.1. The highest BCUT2D eigenvalue weighted by atomic mass is 32.2. The Bertz CT molecular complexity index is 445. The third-order valence-corrected chi connectivity index (χ3v) is 4.69. The van der Waals surface area contributed by atoms with Gasteiger partial charge in [0.05, 0.1) is 5.56 Å². The molecule has 1 aliphatic rings. The van der Waals surface area contributed by atoms with Gasteiger partial charge in [0, 0.05) is 29.3 Å². The molecule has 0 bridgehead atoms. The van der Waals surface area contributed by atoms with Crippen LogP contribution in [0.2, 0.25) is 0 Å². The van der Waals surface area contributed by atoms with Crippen molar-refractivity contribution in [2.24, 2.45) is 0 Å². The summed E-state index contributed by atoms with van der Waals surface area (Å²) in [7, 11) is 0. The maximum atomic E-state index is 12.4. The zero-order valence-corrected chi connectivity index (χ0v) is 11.8. The van der Waals surface area contributed by atoms with E-state index < -0.39 is 0 Å². The number of thioether (sulfide) groups is 1. The maximum absolute atomic E-state index is 12.4. The fraction of sp³-hybridized carbons (Fsp3) is 0.500. The van der Waals surface area contributed by atoms with Crippen molar-refractivity contribution in [2.75, 3.05) is 24.6 Å². The number of hydrogen-bond donors (Lipinski definition) is 1. The van der Waals surface area contributed by atoms with Crippen molar-refractivity contribution in [3.8, 4) is 0 Å². The first kappa shape index (κ1) is 13.3. The normalized spacial score (nSPS) is 19.3. The first-order valence-electron chi connectivity index (χ1n) is 6.27. The Kier molecular flexibility index (Phi) is 3.85. The van der Waals surface area contributed by atoms with Crippen LogP contribution in [0.25, 0.3) is 0 Å². The molecule has 3 nitrogen and oxygen atoms in total. The third-order valence-electron chi connectivity index (χ3n) is 3.32. The van der Waals surface area contributed by atoms with E-state index in [1.54, 1.807) is 12.1 Å². The second-order valence-electron chi connectivity index (χ2n) is 5.24. The van der Waals surface area contributed by atoms with Gasteiger partial charge in [-0.05, 0) is 18.6 Å². The van der Waals surface area contributed by atoms with Gasteiger partial charge in [-0.3, -0.25) is 4.79 Å². The molecule has 0 aromatic heterocycles. The molecule has 0 unspecified atom stereocenters. The van der Waals surface area contributed by atoms with Gasteiger partial charge in [-0.1, -0.05) is 26.0 Å². The van der Waals surface area contributed by atoms with Gasteiger partial charge in [0.15, 0.2) is 0 Å². The monoisotopic (exact) mass is 264 g/mol. The molecule has 2 rings (SSSR count). The molecule has 1 heterocycles. The molecular formula is C14H20N2OS. The van der Waals surface area contributed by atoms with Crippen LogP contribution in [-0.4, -0.2) is 34.4 Å². The number of para-hydroxylation sites is 1. The molecule has 98 valence electrons. The first-order chi connectivity index (χ1) is 8.49. The Labute approximate surface area is 113 Å². The molecule has 4 heteroatoms. The Hall–Kier alpha value is -1.16. The van der Waals surface area contributed by atoms with E-state index in [9.17, 15) is 4.79 Å². The van der Waals surface area contributed by atoms with Crippen molar-refractivity contribution in [1.29, 1.82) is 0 Å². The molecule has 1 fully saturated rings. The molecule has 0 atom stereocenters. The SMILES string of the molecule is CC1(C)CCN(C(=O)c2ccccc2N)CCS1. The summed E-state index contributed by atoms with van der Waals surface area (Å²) in [6.07, 6.45) is 1.02. The van der Waals surface area contributed by atoms with Crippen LogP contribution >= 0.6 is 11.8 Å². The van der Waals surface area contributed by atoms with E-state index in [0.717, 1.165) is 25.3 Å². The van der Waals surface area contributed by atoms with Gasteiger partial charge in [0.1, 0.15) is 0 Å². The van der Waals surface area contributed by atoms with Crippen molar-refractivity contribution in [1.82, 2.24) is 4.90 Å². The molecule has 0 radical (unpaired) electrons. The van der Waals surface area contributed by atoms with E-state index in [-0.39, 0.29) is 10.7 Å². The third kappa shape index (κ3) is 2.99. The molecule has 1 saturated heterocycles. The molecule has 1 aromatic carbocycles. The van der Waals surface area contributed by atoms with Crippen molar-refractivity contribution < 1.29 is 4.79 Å². The molecule has 0 spiro atoms. The van der Waals surface area contributed by atoms with Crippen LogP contribution < -0.4 is 5.73 Å². The molecule has 2 N–H and O–H groups in total. The summed E-state index contributed by atoms with van der Waals surface area (Å²) in [5.74, 6) is 1.05. The fourth-order valence-electron chi connectivity index (χ4n) is 2.09. The summed E-state index contributed by atoms with van der Waals surface area (Å²) in [6, 6.07) is 7.30. The van der Waals surface area contributed by atoms with Gasteiger partial charge in [-0.2, -0.15) is 11.8 Å². The van der Waals surface area contributed by atoms with Crippen LogP contribution in [0.5, 0.6) is 0 Å². The van der Waals surface area contributed by atoms with Crippen molar-refractivity contribution in [2.45, 2.75) is 25.0 Å². The number of nitrogen functional groups attached to an aromatic ring is 1. The van der Waals surface area contributed by atoms with E-state index >= 15 is 0 Å². The highest BCUT2D eigenvalue weighted by Gasteiger charge is 2.26. The molecule has 1 aromatic rings. The van der Waals surface area contributed by atoms with Gasteiger partial charge >= 0.3 is 0 Å². The van der Waals surface area contributed by atoms with Crippen LogP contribution in [0.4, 0.5) is 5.69 Å². The largest absolute Gasteiger partial charge is 0.398 e. The van der Waals surface area contributed by atoms with Crippen LogP contribution in [-0.2, 0) is 0 Å². The molecule has 18 heavy (non-hydrogen) atoms. The lowest BCUT2D eigenvalue weighted by molar-refractivity contribution is 0.0765. The standard InChI is InChI=1S/C14H20N2OS/c1-14(2)7-8-16(9-10-18-14)13(17)11-5-3-4-6-12(11)15/h3-6H,7-10,15H2,1-2H3. The topological polar surface area (TPSA) is 46.3 Å². The first-order valence-corrected chi connectivity index (χ1v) is 7.26. The van der Waals surface area contributed by atoms with Crippen LogP contribution in [0.1, 0.15) is 30.6 Å². The minimum Gasteiger partial charge on any atom is -0.398 e. The second kappa shape index (κ2) is 5.22. The van der Waals surface area contributed by atoms with Crippen LogP contribution in [0.15, 0.2) is 24.3 Å². The zero-order chi connectivity index (χ0) is 13.2. The number of benzene rings is 1. The van der Waals surface area contributed by atoms with Crippen molar-refractivity contribution in [3.05, 3.63) is 29.8 Å². The number of carbonyl (C=O) groups excluding carboxylic acids is 1. The highest BCUT2D eigenvalue weighted by Crippen LogP contribution is 2.31. The smallest absolute Gasteiger partial charge is 0.255 e. The number of carbonyl (C=O) groups is 1. The van der Waals surface area contributed by atoms with Crippen molar-refractivity contribution in [3.63, 3.8) is 0 Å². The average Bonchev–Trinajstić information content (AvgIpc) is 2.50. The molecule has 0 aliphatic carbocycles. The number of nitrogens with zero attached hydrogens (tertiary/aromatic N) is 1. The Balaban J connectivity index is 2.13. The highest BCUT2D eigenvalue weighted by molar-refractivity contribution is 8.00. The predicted octanol–water partition coefficient (Wildman–Crippen LogP) is 2.63. The number of hydrogen-bond acceptors (Lipinski definition) is 3. The molecule has 0 saturated carbocycles. The van der Waals surface area contributed by atoms with E-state index in [1.807, 2.05) is 28.8 Å². The van der Waals surface area contributed by atoms with Gasteiger partial charge < -0.3 is 10.6 Å². The van der Waals surface area contributed by atoms with E-state index in [1.165, 1.54) is 0 Å². The summed E-state index contributed by atoms with van der Waals surface area (Å²) in [5, 5.41) is 0. The fourth-order valence-corrected chi connectivity index (χ4v) is 3.19. The summed E-state index contributed by atoms with van der Waals surface area (Å²) >= 11 is 1.94. The lowest BCUT2D eigenvalue weighted by Crippen LogP contribution is -2.34. The summed E-state index contributed by atoms with van der Waals surface area (Å²) in [6.45, 7) is 6.10. The summed E-state index contributed by atoms with van der Waals surface area (Å²) in [4.78, 5) is 14.3. The van der Waals surface area contributed by atoms with Crippen LogP contribution in [0, 0.1) is 0 Å². The minimum atomic E-state index is 0.0615. The zero-order valence-electron chi connectivity index (χ0n) is 11.0. The number of anilines is 1.